The molecule has 1 aliphatic carbocycles. The molecule has 0 aromatic rings. The molecule has 0 aliphatic heterocycles. The Hall–Kier alpha value is -1.10. The molecule has 1 aliphatic rings. The van der Waals surface area contributed by atoms with Crippen molar-refractivity contribution in [3.8, 4) is 0 Å². The number of likely N-dealkylation sites (N-methyl/N-ethyl adjacent to an activating group) is 1. The van der Waals surface area contributed by atoms with Gasteiger partial charge in [0.25, 0.3) is 0 Å². The third-order valence-electron chi connectivity index (χ3n) is 2.99. The van der Waals surface area contributed by atoms with Gasteiger partial charge in [-0.25, -0.2) is 0 Å². The zero-order valence-corrected chi connectivity index (χ0v) is 11.0. The smallest absolute Gasteiger partial charge is 0.237 e. The highest BCUT2D eigenvalue weighted by Gasteiger charge is 2.25. The predicted octanol–water partition coefficient (Wildman–Crippen LogP) is 0.112. The van der Waals surface area contributed by atoms with Gasteiger partial charge in [-0.15, -0.1) is 0 Å². The minimum absolute atomic E-state index is 0.0140. The monoisotopic (exact) mass is 241 g/mol. The molecule has 0 saturated heterocycles. The average Bonchev–Trinajstić information content (AvgIpc) is 3.11. The van der Waals surface area contributed by atoms with Crippen LogP contribution in [0.15, 0.2) is 0 Å². The maximum absolute atomic E-state index is 11.7. The number of carbonyl (C=O) groups is 2. The van der Waals surface area contributed by atoms with Crippen LogP contribution in [0.2, 0.25) is 0 Å². The Morgan fingerprint density at radius 1 is 1.29 bits per heavy atom. The van der Waals surface area contributed by atoms with Crippen LogP contribution in [-0.4, -0.2) is 48.4 Å². The van der Waals surface area contributed by atoms with E-state index in [1.807, 2.05) is 13.8 Å². The van der Waals surface area contributed by atoms with Crippen molar-refractivity contribution in [3.05, 3.63) is 0 Å². The lowest BCUT2D eigenvalue weighted by molar-refractivity contribution is -0.130. The Kier molecular flexibility index (Phi) is 5.41. The Balaban J connectivity index is 2.23. The van der Waals surface area contributed by atoms with Crippen molar-refractivity contribution in [1.29, 1.82) is 0 Å². The molecule has 0 radical (unpaired) electrons. The number of rotatable bonds is 7. The molecular weight excluding hydrogens is 218 g/mol. The summed E-state index contributed by atoms with van der Waals surface area (Å²) in [6, 6.07) is 0.0559. The molecule has 5 heteroatoms. The number of nitrogens with one attached hydrogen (secondary N) is 2. The average molecular weight is 241 g/mol. The second kappa shape index (κ2) is 6.59. The molecule has 0 heterocycles. The first-order valence-corrected chi connectivity index (χ1v) is 6.40. The fourth-order valence-electron chi connectivity index (χ4n) is 1.58. The highest BCUT2D eigenvalue weighted by molar-refractivity contribution is 5.83. The van der Waals surface area contributed by atoms with E-state index in [0.29, 0.717) is 19.1 Å². The molecule has 98 valence electrons. The van der Waals surface area contributed by atoms with E-state index in [4.69, 9.17) is 0 Å². The molecule has 5 nitrogen and oxygen atoms in total. The van der Waals surface area contributed by atoms with Gasteiger partial charge in [0.1, 0.15) is 0 Å². The van der Waals surface area contributed by atoms with Gasteiger partial charge >= 0.3 is 0 Å². The molecule has 1 rings (SSSR count). The van der Waals surface area contributed by atoms with Crippen LogP contribution < -0.4 is 10.6 Å². The lowest BCUT2D eigenvalue weighted by atomic mass is 10.3. The van der Waals surface area contributed by atoms with Crippen LogP contribution in [0.25, 0.3) is 0 Å². The molecule has 17 heavy (non-hydrogen) atoms. The highest BCUT2D eigenvalue weighted by Crippen LogP contribution is 2.18. The number of amides is 2. The van der Waals surface area contributed by atoms with E-state index in [9.17, 15) is 9.59 Å². The van der Waals surface area contributed by atoms with Crippen LogP contribution in [0.5, 0.6) is 0 Å². The lowest BCUT2D eigenvalue weighted by Crippen LogP contribution is -2.47. The van der Waals surface area contributed by atoms with E-state index in [-0.39, 0.29) is 24.4 Å². The fraction of sp³-hybridized carbons (Fsp3) is 0.833. The number of carbonyl (C=O) groups excluding carboxylic acids is 2. The normalized spacial score (nSPS) is 16.4. The van der Waals surface area contributed by atoms with Crippen molar-refractivity contribution in [3.63, 3.8) is 0 Å². The van der Waals surface area contributed by atoms with Crippen LogP contribution >= 0.6 is 0 Å². The summed E-state index contributed by atoms with van der Waals surface area (Å²) in [7, 11) is 0. The van der Waals surface area contributed by atoms with Crippen LogP contribution in [0, 0.1) is 0 Å². The van der Waals surface area contributed by atoms with Crippen LogP contribution in [0.1, 0.15) is 33.6 Å². The van der Waals surface area contributed by atoms with E-state index >= 15 is 0 Å². The summed E-state index contributed by atoms with van der Waals surface area (Å²) in [6.07, 6.45) is 2.16. The van der Waals surface area contributed by atoms with Crippen molar-refractivity contribution < 1.29 is 9.59 Å². The Bertz CT molecular complexity index is 273. The summed E-state index contributed by atoms with van der Waals surface area (Å²) >= 11 is 0. The van der Waals surface area contributed by atoms with Gasteiger partial charge in [0, 0.05) is 19.1 Å². The van der Waals surface area contributed by atoms with Crippen LogP contribution in [-0.2, 0) is 9.59 Å². The largest absolute Gasteiger partial charge is 0.352 e. The Labute approximate surface area is 103 Å². The topological polar surface area (TPSA) is 61.4 Å². The summed E-state index contributed by atoms with van der Waals surface area (Å²) in [5, 5.41) is 5.87. The van der Waals surface area contributed by atoms with Gasteiger partial charge in [-0.2, -0.15) is 0 Å². The maximum Gasteiger partial charge on any atom is 0.237 e. The molecule has 2 amide bonds. The van der Waals surface area contributed by atoms with E-state index < -0.39 is 0 Å². The van der Waals surface area contributed by atoms with Crippen molar-refractivity contribution in [2.24, 2.45) is 0 Å². The summed E-state index contributed by atoms with van der Waals surface area (Å²) in [5.74, 6) is 0.0286. The van der Waals surface area contributed by atoms with Crippen LogP contribution in [0.3, 0.4) is 0 Å². The van der Waals surface area contributed by atoms with Gasteiger partial charge in [-0.1, -0.05) is 0 Å². The molecule has 1 fully saturated rings. The second-order valence-electron chi connectivity index (χ2n) is 4.45. The van der Waals surface area contributed by atoms with Crippen molar-refractivity contribution in [1.82, 2.24) is 15.5 Å². The molecule has 1 atom stereocenters. The van der Waals surface area contributed by atoms with E-state index in [0.717, 1.165) is 12.8 Å². The number of nitrogens with zero attached hydrogens (tertiary/aromatic N) is 1. The molecule has 1 saturated carbocycles. The SMILES string of the molecule is CCN(CC)C(=O)CNC(C)C(=O)NC1CC1. The van der Waals surface area contributed by atoms with Gasteiger partial charge < -0.3 is 10.2 Å². The van der Waals surface area contributed by atoms with Crippen molar-refractivity contribution >= 4 is 11.8 Å². The third-order valence-corrected chi connectivity index (χ3v) is 2.99. The zero-order valence-electron chi connectivity index (χ0n) is 11.0. The van der Waals surface area contributed by atoms with Crippen LogP contribution in [0.4, 0.5) is 0 Å². The van der Waals surface area contributed by atoms with E-state index in [1.54, 1.807) is 11.8 Å². The standard InChI is InChI=1S/C12H23N3O2/c1-4-15(5-2)11(16)8-13-9(3)12(17)14-10-6-7-10/h9-10,13H,4-8H2,1-3H3,(H,14,17). The van der Waals surface area contributed by atoms with E-state index in [2.05, 4.69) is 10.6 Å². The first-order valence-electron chi connectivity index (χ1n) is 6.40. The van der Waals surface area contributed by atoms with Gasteiger partial charge in [0.2, 0.25) is 11.8 Å². The highest BCUT2D eigenvalue weighted by atomic mass is 16.2. The Morgan fingerprint density at radius 3 is 2.35 bits per heavy atom. The second-order valence-corrected chi connectivity index (χ2v) is 4.45. The summed E-state index contributed by atoms with van der Waals surface area (Å²) in [6.45, 7) is 7.32. The lowest BCUT2D eigenvalue weighted by Gasteiger charge is -2.20. The molecule has 1 unspecified atom stereocenters. The molecule has 0 spiro atoms. The summed E-state index contributed by atoms with van der Waals surface area (Å²) in [4.78, 5) is 25.1. The van der Waals surface area contributed by atoms with Gasteiger partial charge in [-0.05, 0) is 33.6 Å². The Morgan fingerprint density at radius 2 is 1.88 bits per heavy atom. The van der Waals surface area contributed by atoms with Crippen molar-refractivity contribution in [2.75, 3.05) is 19.6 Å². The predicted molar refractivity (Wildman–Crippen MR) is 66.6 cm³/mol. The van der Waals surface area contributed by atoms with Gasteiger partial charge in [0.15, 0.2) is 0 Å². The fourth-order valence-corrected chi connectivity index (χ4v) is 1.58. The molecule has 0 aromatic carbocycles. The maximum atomic E-state index is 11.7. The van der Waals surface area contributed by atoms with Gasteiger partial charge in [-0.3, -0.25) is 14.9 Å². The van der Waals surface area contributed by atoms with Gasteiger partial charge in [0.05, 0.1) is 12.6 Å². The molecule has 0 bridgehead atoms. The molecule has 2 N–H and O–H groups in total. The number of hydrogen-bond donors (Lipinski definition) is 2. The minimum atomic E-state index is -0.310. The zero-order chi connectivity index (χ0) is 12.8. The quantitative estimate of drug-likeness (QED) is 0.665. The van der Waals surface area contributed by atoms with E-state index in [1.165, 1.54) is 0 Å². The third kappa shape index (κ3) is 4.73. The van der Waals surface area contributed by atoms with Crippen molar-refractivity contribution in [2.45, 2.75) is 45.7 Å². The first-order chi connectivity index (χ1) is 8.08. The summed E-state index contributed by atoms with van der Waals surface area (Å²) < 4.78 is 0. The minimum Gasteiger partial charge on any atom is -0.352 e. The first kappa shape index (κ1) is 14.0. The molecule has 0 aromatic heterocycles. The number of hydrogen-bond acceptors (Lipinski definition) is 3. The molecular formula is C12H23N3O2. The summed E-state index contributed by atoms with van der Waals surface area (Å²) in [5.41, 5.74) is 0.